The summed E-state index contributed by atoms with van der Waals surface area (Å²) >= 11 is 0. The average Bonchev–Trinajstić information content (AvgIpc) is 2.39. The van der Waals surface area contributed by atoms with Crippen molar-refractivity contribution in [3.05, 3.63) is 29.8 Å². The number of benzene rings is 1. The smallest absolute Gasteiger partial charge is 0.0807 e. The normalized spacial score (nSPS) is 19.4. The fourth-order valence-corrected chi connectivity index (χ4v) is 2.38. The number of piperidine rings is 1. The maximum Gasteiger partial charge on any atom is 0.0807 e. The van der Waals surface area contributed by atoms with Crippen LogP contribution in [0.5, 0.6) is 0 Å². The van der Waals surface area contributed by atoms with Gasteiger partial charge >= 0.3 is 0 Å². The van der Waals surface area contributed by atoms with Crippen LogP contribution in [0.1, 0.15) is 37.9 Å². The summed E-state index contributed by atoms with van der Waals surface area (Å²) in [6, 6.07) is 8.03. The van der Waals surface area contributed by atoms with Crippen LogP contribution in [-0.2, 0) is 0 Å². The van der Waals surface area contributed by atoms with E-state index in [4.69, 9.17) is 0 Å². The van der Waals surface area contributed by atoms with Gasteiger partial charge in [0.05, 0.1) is 12.2 Å². The van der Waals surface area contributed by atoms with Crippen LogP contribution < -0.4 is 4.90 Å². The Labute approximate surface area is 103 Å². The minimum Gasteiger partial charge on any atom is -0.393 e. The van der Waals surface area contributed by atoms with Gasteiger partial charge in [-0.25, -0.2) is 0 Å². The molecule has 1 unspecified atom stereocenters. The van der Waals surface area contributed by atoms with E-state index in [2.05, 4.69) is 11.0 Å². The molecule has 3 heteroatoms. The molecule has 1 aromatic rings. The molecule has 0 saturated carbocycles. The molecule has 0 spiro atoms. The summed E-state index contributed by atoms with van der Waals surface area (Å²) in [5.74, 6) is 0. The molecule has 1 fully saturated rings. The number of para-hydroxylation sites is 1. The van der Waals surface area contributed by atoms with E-state index in [1.807, 2.05) is 25.1 Å². The number of rotatable bonds is 3. The molecular weight excluding hydrogens is 214 g/mol. The Bertz CT molecular complexity index is 359. The number of anilines is 1. The summed E-state index contributed by atoms with van der Waals surface area (Å²) in [7, 11) is 0. The van der Waals surface area contributed by atoms with E-state index in [0.29, 0.717) is 0 Å². The molecule has 1 aliphatic heterocycles. The van der Waals surface area contributed by atoms with Crippen LogP contribution in [0.4, 0.5) is 5.69 Å². The summed E-state index contributed by atoms with van der Waals surface area (Å²) < 4.78 is 0. The molecule has 2 rings (SSSR count). The fraction of sp³-hybridized carbons (Fsp3) is 0.571. The largest absolute Gasteiger partial charge is 0.393 e. The zero-order valence-corrected chi connectivity index (χ0v) is 10.3. The van der Waals surface area contributed by atoms with Gasteiger partial charge in [-0.3, -0.25) is 0 Å². The molecular formula is C14H21NO2. The van der Waals surface area contributed by atoms with Crippen molar-refractivity contribution in [3.8, 4) is 0 Å². The summed E-state index contributed by atoms with van der Waals surface area (Å²) in [4.78, 5) is 2.26. The van der Waals surface area contributed by atoms with Crippen molar-refractivity contribution in [2.75, 3.05) is 18.0 Å². The summed E-state index contributed by atoms with van der Waals surface area (Å²) in [6.45, 7) is 3.73. The number of aliphatic hydroxyl groups is 2. The highest BCUT2D eigenvalue weighted by atomic mass is 16.3. The van der Waals surface area contributed by atoms with Gasteiger partial charge in [0, 0.05) is 24.3 Å². The molecule has 1 aromatic carbocycles. The zero-order chi connectivity index (χ0) is 12.3. The van der Waals surface area contributed by atoms with Crippen LogP contribution in [0, 0.1) is 0 Å². The van der Waals surface area contributed by atoms with E-state index in [1.54, 1.807) is 0 Å². The second-order valence-electron chi connectivity index (χ2n) is 4.70. The van der Waals surface area contributed by atoms with E-state index >= 15 is 0 Å². The first kappa shape index (κ1) is 12.4. The van der Waals surface area contributed by atoms with Gasteiger partial charge in [0.2, 0.25) is 0 Å². The second kappa shape index (κ2) is 5.52. The molecule has 94 valence electrons. The van der Waals surface area contributed by atoms with Crippen LogP contribution in [0.25, 0.3) is 0 Å². The molecule has 17 heavy (non-hydrogen) atoms. The Morgan fingerprint density at radius 3 is 2.59 bits per heavy atom. The molecule has 0 amide bonds. The van der Waals surface area contributed by atoms with E-state index in [-0.39, 0.29) is 6.10 Å². The third-order valence-electron chi connectivity index (χ3n) is 3.49. The lowest BCUT2D eigenvalue weighted by Gasteiger charge is -2.33. The van der Waals surface area contributed by atoms with E-state index in [9.17, 15) is 10.2 Å². The lowest BCUT2D eigenvalue weighted by Crippen LogP contribution is -2.36. The van der Waals surface area contributed by atoms with Gasteiger partial charge in [-0.05, 0) is 25.3 Å². The number of hydrogen-bond acceptors (Lipinski definition) is 3. The molecule has 0 aromatic heterocycles. The maximum absolute atomic E-state index is 10.0. The summed E-state index contributed by atoms with van der Waals surface area (Å²) in [5.41, 5.74) is 2.13. The molecule has 0 bridgehead atoms. The van der Waals surface area contributed by atoms with Crippen LogP contribution in [-0.4, -0.2) is 29.4 Å². The Morgan fingerprint density at radius 2 is 1.94 bits per heavy atom. The van der Waals surface area contributed by atoms with Crippen molar-refractivity contribution in [2.24, 2.45) is 0 Å². The van der Waals surface area contributed by atoms with Gasteiger partial charge in [-0.15, -0.1) is 0 Å². The van der Waals surface area contributed by atoms with E-state index in [0.717, 1.165) is 43.6 Å². The zero-order valence-electron chi connectivity index (χ0n) is 10.3. The standard InChI is InChI=1S/C14H21NO2/c1-2-14(17)12-5-3-4-6-13(12)15-9-7-11(16)8-10-15/h3-6,11,14,16-17H,2,7-10H2,1H3. The van der Waals surface area contributed by atoms with Crippen molar-refractivity contribution < 1.29 is 10.2 Å². The molecule has 1 heterocycles. The van der Waals surface area contributed by atoms with Crippen LogP contribution in [0.2, 0.25) is 0 Å². The predicted octanol–water partition coefficient (Wildman–Crippen LogP) is 2.09. The minimum atomic E-state index is -0.391. The van der Waals surface area contributed by atoms with Gasteiger partial charge < -0.3 is 15.1 Å². The predicted molar refractivity (Wildman–Crippen MR) is 69.1 cm³/mol. The third kappa shape index (κ3) is 2.79. The topological polar surface area (TPSA) is 43.7 Å². The lowest BCUT2D eigenvalue weighted by atomic mass is 10.0. The Balaban J connectivity index is 2.19. The number of hydrogen-bond donors (Lipinski definition) is 2. The van der Waals surface area contributed by atoms with E-state index < -0.39 is 6.10 Å². The van der Waals surface area contributed by atoms with Crippen molar-refractivity contribution in [1.29, 1.82) is 0 Å². The highest BCUT2D eigenvalue weighted by Gasteiger charge is 2.20. The Morgan fingerprint density at radius 1 is 1.29 bits per heavy atom. The van der Waals surface area contributed by atoms with Crippen LogP contribution >= 0.6 is 0 Å². The third-order valence-corrected chi connectivity index (χ3v) is 3.49. The minimum absolute atomic E-state index is 0.158. The summed E-state index contributed by atoms with van der Waals surface area (Å²) in [6.07, 6.45) is 1.81. The van der Waals surface area contributed by atoms with Crippen LogP contribution in [0.3, 0.4) is 0 Å². The van der Waals surface area contributed by atoms with Gasteiger partial charge in [0.1, 0.15) is 0 Å². The Hall–Kier alpha value is -1.06. The average molecular weight is 235 g/mol. The van der Waals surface area contributed by atoms with Gasteiger partial charge in [0.15, 0.2) is 0 Å². The maximum atomic E-state index is 10.0. The highest BCUT2D eigenvalue weighted by molar-refractivity contribution is 5.54. The van der Waals surface area contributed by atoms with Crippen molar-refractivity contribution in [2.45, 2.75) is 38.4 Å². The van der Waals surface area contributed by atoms with Gasteiger partial charge in [0.25, 0.3) is 0 Å². The van der Waals surface area contributed by atoms with E-state index in [1.165, 1.54) is 0 Å². The van der Waals surface area contributed by atoms with Crippen molar-refractivity contribution in [3.63, 3.8) is 0 Å². The van der Waals surface area contributed by atoms with Crippen molar-refractivity contribution >= 4 is 5.69 Å². The quantitative estimate of drug-likeness (QED) is 0.843. The number of nitrogens with zero attached hydrogens (tertiary/aromatic N) is 1. The molecule has 1 saturated heterocycles. The molecule has 1 aliphatic rings. The first-order valence-electron chi connectivity index (χ1n) is 6.42. The lowest BCUT2D eigenvalue weighted by molar-refractivity contribution is 0.144. The number of aliphatic hydroxyl groups excluding tert-OH is 2. The SMILES string of the molecule is CCC(O)c1ccccc1N1CCC(O)CC1. The molecule has 0 aliphatic carbocycles. The van der Waals surface area contributed by atoms with Gasteiger partial charge in [-0.1, -0.05) is 25.1 Å². The molecule has 2 N–H and O–H groups in total. The first-order valence-corrected chi connectivity index (χ1v) is 6.42. The monoisotopic (exact) mass is 235 g/mol. The Kier molecular flexibility index (Phi) is 4.02. The molecule has 3 nitrogen and oxygen atoms in total. The van der Waals surface area contributed by atoms with Crippen molar-refractivity contribution in [1.82, 2.24) is 0 Å². The second-order valence-corrected chi connectivity index (χ2v) is 4.70. The molecule has 1 atom stereocenters. The summed E-state index contributed by atoms with van der Waals surface area (Å²) in [5, 5.41) is 19.5. The molecule has 0 radical (unpaired) electrons. The fourth-order valence-electron chi connectivity index (χ4n) is 2.38. The highest BCUT2D eigenvalue weighted by Crippen LogP contribution is 2.29. The first-order chi connectivity index (χ1) is 8.22. The van der Waals surface area contributed by atoms with Crippen LogP contribution in [0.15, 0.2) is 24.3 Å². The van der Waals surface area contributed by atoms with Gasteiger partial charge in [-0.2, -0.15) is 0 Å².